The number of hydrogen-bond donors (Lipinski definition) is 0. The van der Waals surface area contributed by atoms with Crippen LogP contribution in [0.15, 0.2) is 150 Å². The summed E-state index contributed by atoms with van der Waals surface area (Å²) in [6, 6.07) is 47.0. The van der Waals surface area contributed by atoms with Crippen LogP contribution in [0.1, 0.15) is 62.0 Å². The highest BCUT2D eigenvalue weighted by molar-refractivity contribution is 7.99. The van der Waals surface area contributed by atoms with Crippen molar-refractivity contribution in [3.63, 3.8) is 0 Å². The second kappa shape index (κ2) is 19.7. The van der Waals surface area contributed by atoms with Gasteiger partial charge in [-0.25, -0.2) is 4.79 Å². The Bertz CT molecular complexity index is 2040. The summed E-state index contributed by atoms with van der Waals surface area (Å²) in [5.41, 5.74) is 1.53. The van der Waals surface area contributed by atoms with E-state index in [4.69, 9.17) is 23.4 Å². The molecule has 302 valence electrons. The molecule has 5 aromatic rings. The molecule has 0 unspecified atom stereocenters. The molecule has 0 aliphatic carbocycles. The van der Waals surface area contributed by atoms with Crippen molar-refractivity contribution in [2.24, 2.45) is 0 Å². The summed E-state index contributed by atoms with van der Waals surface area (Å²) in [5, 5.41) is 1.80. The predicted molar refractivity (Wildman–Crippen MR) is 230 cm³/mol. The van der Waals surface area contributed by atoms with Crippen molar-refractivity contribution in [2.45, 2.75) is 93.9 Å². The molecule has 1 fully saturated rings. The Morgan fingerprint density at radius 3 is 1.78 bits per heavy atom. The van der Waals surface area contributed by atoms with Crippen LogP contribution in [0.4, 0.5) is 0 Å². The molecule has 58 heavy (non-hydrogen) atoms. The largest absolute Gasteiger partial charge is 0.457 e. The molecule has 0 bridgehead atoms. The Labute approximate surface area is 347 Å². The number of thioether (sulfide) groups is 1. The fourth-order valence-electron chi connectivity index (χ4n) is 7.31. The van der Waals surface area contributed by atoms with Crippen molar-refractivity contribution in [1.82, 2.24) is 0 Å². The molecule has 0 spiro atoms. The zero-order chi connectivity index (χ0) is 41.1. The summed E-state index contributed by atoms with van der Waals surface area (Å²) >= 11 is 1.41. The fraction of sp³-hybridized carbons (Fsp3) is 0.312. The lowest BCUT2D eigenvalue weighted by atomic mass is 9.99. The van der Waals surface area contributed by atoms with Gasteiger partial charge in [0.25, 0.3) is 8.32 Å². The number of ether oxygens (including phenoxy) is 4. The first kappa shape index (κ1) is 42.8. The van der Waals surface area contributed by atoms with E-state index in [1.54, 1.807) is 24.3 Å². The zero-order valence-electron chi connectivity index (χ0n) is 33.7. The number of benzene rings is 5. The SMILES string of the molecule is CC(=O)CCC(=O)O[C@H]1[C@H](OCc2ccccc2)[C@@H](OC(=O)c2ccccc2)[C@H](Sc2ccc(C)cc2)O[C@@H]1CO[Si](c1ccccc1)(c1ccccc1)C(C)(C)C. The lowest BCUT2D eigenvalue weighted by Gasteiger charge is -2.47. The van der Waals surface area contributed by atoms with Crippen LogP contribution >= 0.6 is 11.8 Å². The first-order chi connectivity index (χ1) is 27.9. The van der Waals surface area contributed by atoms with Crippen LogP contribution in [0.25, 0.3) is 0 Å². The molecular weight excluding hydrogens is 765 g/mol. The lowest BCUT2D eigenvalue weighted by Crippen LogP contribution is -2.68. The summed E-state index contributed by atoms with van der Waals surface area (Å²) in [5.74, 6) is -1.30. The van der Waals surface area contributed by atoms with Crippen LogP contribution in [-0.4, -0.2) is 62.5 Å². The van der Waals surface area contributed by atoms with Gasteiger partial charge in [-0.15, -0.1) is 0 Å². The maximum absolute atomic E-state index is 13.9. The Hall–Kier alpha value is -4.84. The molecule has 1 saturated heterocycles. The van der Waals surface area contributed by atoms with Crippen LogP contribution in [-0.2, 0) is 39.6 Å². The van der Waals surface area contributed by atoms with Crippen LogP contribution in [0.2, 0.25) is 5.04 Å². The van der Waals surface area contributed by atoms with Gasteiger partial charge in [0.05, 0.1) is 25.2 Å². The topological polar surface area (TPSA) is 97.4 Å². The highest BCUT2D eigenvalue weighted by atomic mass is 32.2. The van der Waals surface area contributed by atoms with Gasteiger partial charge in [-0.1, -0.05) is 159 Å². The van der Waals surface area contributed by atoms with E-state index >= 15 is 0 Å². The quantitative estimate of drug-likeness (QED) is 0.0718. The fourth-order valence-corrected chi connectivity index (χ4v) is 13.0. The van der Waals surface area contributed by atoms with Gasteiger partial charge in [0.1, 0.15) is 23.4 Å². The smallest absolute Gasteiger partial charge is 0.338 e. The van der Waals surface area contributed by atoms with Gasteiger partial charge in [0.2, 0.25) is 0 Å². The number of ketones is 1. The standard InChI is InChI=1S/C48H52O8SSi/c1-34-26-29-38(30-27-34)57-47-45(56-46(51)37-20-12-7-13-21-37)44(52-32-36-18-10-6-11-19-36)43(55-42(50)31-28-35(2)49)41(54-47)33-53-58(48(3,4)5,39-22-14-8-15-23-39)40-24-16-9-17-25-40/h6-27,29-30,41,43-45,47H,28,31-33H2,1-5H3/t41-,43-,44+,45-,47+/m1/s1. The maximum atomic E-state index is 13.9. The molecule has 0 N–H and O–H groups in total. The minimum absolute atomic E-state index is 0.0174. The number of esters is 2. The molecule has 0 saturated carbocycles. The van der Waals surface area contributed by atoms with E-state index in [-0.39, 0.29) is 36.9 Å². The van der Waals surface area contributed by atoms with E-state index in [1.165, 1.54) is 18.7 Å². The van der Waals surface area contributed by atoms with E-state index in [1.807, 2.05) is 104 Å². The van der Waals surface area contributed by atoms with E-state index < -0.39 is 50.1 Å². The van der Waals surface area contributed by atoms with Crippen molar-refractivity contribution < 1.29 is 37.8 Å². The first-order valence-electron chi connectivity index (χ1n) is 19.7. The van der Waals surface area contributed by atoms with Crippen LogP contribution in [0.3, 0.4) is 0 Å². The minimum atomic E-state index is -3.11. The average Bonchev–Trinajstić information content (AvgIpc) is 3.23. The van der Waals surface area contributed by atoms with Crippen molar-refractivity contribution in [2.75, 3.05) is 6.61 Å². The molecule has 8 nitrogen and oxygen atoms in total. The Balaban J connectivity index is 1.46. The number of rotatable bonds is 16. The van der Waals surface area contributed by atoms with Crippen molar-refractivity contribution in [3.8, 4) is 0 Å². The molecule has 0 amide bonds. The highest BCUT2D eigenvalue weighted by Crippen LogP contribution is 2.41. The summed E-state index contributed by atoms with van der Waals surface area (Å²) in [7, 11) is -3.11. The monoisotopic (exact) mass is 816 g/mol. The molecule has 6 rings (SSSR count). The van der Waals surface area contributed by atoms with Crippen LogP contribution < -0.4 is 10.4 Å². The second-order valence-electron chi connectivity index (χ2n) is 15.6. The molecule has 10 heteroatoms. The van der Waals surface area contributed by atoms with Crippen molar-refractivity contribution >= 4 is 48.2 Å². The predicted octanol–water partition coefficient (Wildman–Crippen LogP) is 8.48. The summed E-state index contributed by atoms with van der Waals surface area (Å²) in [6.07, 6.45) is -4.13. The van der Waals surface area contributed by atoms with Crippen molar-refractivity contribution in [1.29, 1.82) is 0 Å². The molecule has 0 aromatic heterocycles. The third-order valence-electron chi connectivity index (χ3n) is 10.2. The first-order valence-corrected chi connectivity index (χ1v) is 22.5. The van der Waals surface area contributed by atoms with Crippen molar-refractivity contribution in [3.05, 3.63) is 162 Å². The number of carbonyl (C=O) groups excluding carboxylic acids is 3. The van der Waals surface area contributed by atoms with Crippen LogP contribution in [0, 0.1) is 6.92 Å². The second-order valence-corrected chi connectivity index (χ2v) is 21.1. The number of hydrogen-bond acceptors (Lipinski definition) is 9. The summed E-state index contributed by atoms with van der Waals surface area (Å²) < 4.78 is 34.0. The van der Waals surface area contributed by atoms with E-state index in [0.29, 0.717) is 5.56 Å². The normalized spacial score (nSPS) is 19.6. The number of carbonyl (C=O) groups is 3. The Kier molecular flexibility index (Phi) is 14.6. The maximum Gasteiger partial charge on any atom is 0.338 e. The highest BCUT2D eigenvalue weighted by Gasteiger charge is 2.55. The molecule has 0 radical (unpaired) electrons. The Morgan fingerprint density at radius 2 is 1.22 bits per heavy atom. The van der Waals surface area contributed by atoms with Gasteiger partial charge in [-0.2, -0.15) is 0 Å². The van der Waals surface area contributed by atoms with Gasteiger partial charge in [0, 0.05) is 11.3 Å². The van der Waals surface area contributed by atoms with Gasteiger partial charge < -0.3 is 28.2 Å². The van der Waals surface area contributed by atoms with Gasteiger partial charge >= 0.3 is 11.9 Å². The zero-order valence-corrected chi connectivity index (χ0v) is 35.6. The molecule has 1 aliphatic heterocycles. The van der Waals surface area contributed by atoms with E-state index in [9.17, 15) is 14.4 Å². The summed E-state index contributed by atoms with van der Waals surface area (Å²) in [6.45, 7) is 10.2. The lowest BCUT2D eigenvalue weighted by molar-refractivity contribution is -0.233. The number of Topliss-reactive ketones (excluding diaryl/α,β-unsaturated/α-hetero) is 1. The molecule has 5 aromatic carbocycles. The minimum Gasteiger partial charge on any atom is -0.457 e. The molecule has 1 heterocycles. The molecular formula is C48H52O8SSi. The third kappa shape index (κ3) is 10.6. The average molecular weight is 817 g/mol. The molecule has 1 aliphatic rings. The summed E-state index contributed by atoms with van der Waals surface area (Å²) in [4.78, 5) is 40.6. The van der Waals surface area contributed by atoms with Gasteiger partial charge in [-0.3, -0.25) is 4.79 Å². The van der Waals surface area contributed by atoms with E-state index in [2.05, 4.69) is 45.0 Å². The van der Waals surface area contributed by atoms with Gasteiger partial charge in [0.15, 0.2) is 12.2 Å². The van der Waals surface area contributed by atoms with E-state index in [0.717, 1.165) is 26.4 Å². The van der Waals surface area contributed by atoms with Gasteiger partial charge in [-0.05, 0) is 59.1 Å². The third-order valence-corrected chi connectivity index (χ3v) is 16.4. The molecule has 5 atom stereocenters. The van der Waals surface area contributed by atoms with Crippen LogP contribution in [0.5, 0.6) is 0 Å². The number of aryl methyl sites for hydroxylation is 1. The Morgan fingerprint density at radius 1 is 0.672 bits per heavy atom.